The first-order chi connectivity index (χ1) is 13.7. The Labute approximate surface area is 165 Å². The van der Waals surface area contributed by atoms with Gasteiger partial charge in [-0.1, -0.05) is 18.2 Å². The maximum Gasteiger partial charge on any atom is 0.237 e. The number of fused-ring (bicyclic) bond motifs is 2. The molecule has 1 saturated heterocycles. The molecule has 1 aliphatic carbocycles. The van der Waals surface area contributed by atoms with Gasteiger partial charge in [-0.05, 0) is 48.8 Å². The fourth-order valence-electron chi connectivity index (χ4n) is 5.32. The molecule has 148 valence electrons. The molecule has 3 aliphatic rings. The van der Waals surface area contributed by atoms with E-state index in [4.69, 9.17) is 5.73 Å². The van der Waals surface area contributed by atoms with E-state index in [2.05, 4.69) is 62.1 Å². The minimum absolute atomic E-state index is 0.0817. The predicted octanol–water partition coefficient (Wildman–Crippen LogP) is 1.36. The van der Waals surface area contributed by atoms with Crippen molar-refractivity contribution < 1.29 is 4.79 Å². The summed E-state index contributed by atoms with van der Waals surface area (Å²) in [7, 11) is 0. The highest BCUT2D eigenvalue weighted by atomic mass is 16.2. The molecule has 4 N–H and O–H groups in total. The van der Waals surface area contributed by atoms with Crippen molar-refractivity contribution in [3.8, 4) is 0 Å². The van der Waals surface area contributed by atoms with Crippen LogP contribution in [-0.2, 0) is 17.9 Å². The number of nitrogens with one attached hydrogen (secondary N) is 2. The van der Waals surface area contributed by atoms with Crippen molar-refractivity contribution in [2.75, 3.05) is 18.0 Å². The van der Waals surface area contributed by atoms with Crippen LogP contribution < -0.4 is 21.5 Å². The second-order valence-corrected chi connectivity index (χ2v) is 8.28. The fraction of sp³-hybridized carbons (Fsp3) is 0.524. The third-order valence-electron chi connectivity index (χ3n) is 6.85. The number of amides is 1. The number of carbonyl (C=O) groups excluding carboxylic acids is 1. The summed E-state index contributed by atoms with van der Waals surface area (Å²) >= 11 is 0. The summed E-state index contributed by atoms with van der Waals surface area (Å²) in [6.45, 7) is 3.33. The summed E-state index contributed by atoms with van der Waals surface area (Å²) in [6.07, 6.45) is 5.03. The molecule has 0 bridgehead atoms. The van der Waals surface area contributed by atoms with Crippen molar-refractivity contribution >= 4 is 11.6 Å². The van der Waals surface area contributed by atoms with Crippen LogP contribution in [0.4, 0.5) is 5.69 Å². The molecular formula is C21H28N6O. The van der Waals surface area contributed by atoms with Crippen molar-refractivity contribution in [1.82, 2.24) is 20.6 Å². The largest absolute Gasteiger partial charge is 0.364 e. The van der Waals surface area contributed by atoms with Crippen molar-refractivity contribution in [1.29, 1.82) is 0 Å². The van der Waals surface area contributed by atoms with Gasteiger partial charge in [0.05, 0.1) is 25.0 Å². The van der Waals surface area contributed by atoms with Gasteiger partial charge in [-0.2, -0.15) is 5.10 Å². The highest BCUT2D eigenvalue weighted by Gasteiger charge is 2.43. The average molecular weight is 380 g/mol. The van der Waals surface area contributed by atoms with E-state index in [0.717, 1.165) is 38.9 Å². The Kier molecular flexibility index (Phi) is 4.56. The maximum absolute atomic E-state index is 12.3. The van der Waals surface area contributed by atoms with E-state index < -0.39 is 0 Å². The van der Waals surface area contributed by atoms with Gasteiger partial charge in [0.1, 0.15) is 0 Å². The second-order valence-electron chi connectivity index (χ2n) is 8.28. The summed E-state index contributed by atoms with van der Waals surface area (Å²) in [4.78, 5) is 14.7. The van der Waals surface area contributed by atoms with Crippen molar-refractivity contribution in [2.45, 2.75) is 44.3 Å². The Morgan fingerprint density at radius 1 is 1.18 bits per heavy atom. The molecule has 1 amide bonds. The van der Waals surface area contributed by atoms with Crippen LogP contribution in [0.3, 0.4) is 0 Å². The number of hydrogen-bond acceptors (Lipinski definition) is 5. The zero-order valence-corrected chi connectivity index (χ0v) is 16.1. The summed E-state index contributed by atoms with van der Waals surface area (Å²) < 4.78 is 2.17. The van der Waals surface area contributed by atoms with Crippen LogP contribution in [0, 0.1) is 11.8 Å². The van der Waals surface area contributed by atoms with E-state index in [1.165, 1.54) is 16.9 Å². The van der Waals surface area contributed by atoms with Gasteiger partial charge in [0.15, 0.2) is 0 Å². The molecule has 1 aromatic heterocycles. The van der Waals surface area contributed by atoms with Crippen LogP contribution >= 0.6 is 0 Å². The summed E-state index contributed by atoms with van der Waals surface area (Å²) in [5, 5.41) is 4.69. The standard InChI is InChI=1S/C21H28N6O/c22-11-19-17-10-14(6-7-16(17)21(28)25-24-19)18-12-23-27-9-8-26(13-20(18)27)15-4-2-1-3-5-15/h1-5,12,14,16-17,19,24H,6-11,13,22H2,(H,25,28). The molecule has 4 atom stereocenters. The number of anilines is 1. The molecule has 4 unspecified atom stereocenters. The van der Waals surface area contributed by atoms with Crippen LogP contribution in [0.2, 0.25) is 0 Å². The number of nitrogens with zero attached hydrogens (tertiary/aromatic N) is 3. The van der Waals surface area contributed by atoms with Crippen LogP contribution in [0.15, 0.2) is 36.5 Å². The Balaban J connectivity index is 1.38. The number of rotatable bonds is 3. The molecule has 2 aliphatic heterocycles. The lowest BCUT2D eigenvalue weighted by molar-refractivity contribution is -0.133. The Hall–Kier alpha value is -2.38. The number of hydrogen-bond donors (Lipinski definition) is 3. The minimum Gasteiger partial charge on any atom is -0.364 e. The van der Waals surface area contributed by atoms with Crippen LogP contribution in [-0.4, -0.2) is 34.8 Å². The van der Waals surface area contributed by atoms with E-state index in [-0.39, 0.29) is 17.9 Å². The molecule has 2 fully saturated rings. The van der Waals surface area contributed by atoms with E-state index in [9.17, 15) is 4.79 Å². The molecule has 0 radical (unpaired) electrons. The summed E-state index contributed by atoms with van der Waals surface area (Å²) in [6, 6.07) is 10.8. The van der Waals surface area contributed by atoms with E-state index in [1.54, 1.807) is 0 Å². The maximum atomic E-state index is 12.3. The van der Waals surface area contributed by atoms with Gasteiger partial charge in [0, 0.05) is 30.7 Å². The van der Waals surface area contributed by atoms with Crippen molar-refractivity contribution in [2.24, 2.45) is 17.6 Å². The number of carbonyl (C=O) groups is 1. The van der Waals surface area contributed by atoms with Gasteiger partial charge in [-0.15, -0.1) is 0 Å². The Bertz CT molecular complexity index is 850. The third-order valence-corrected chi connectivity index (χ3v) is 6.85. The van der Waals surface area contributed by atoms with Gasteiger partial charge in [-0.25, -0.2) is 5.43 Å². The van der Waals surface area contributed by atoms with Crippen LogP contribution in [0.1, 0.15) is 36.4 Å². The molecule has 1 saturated carbocycles. The molecule has 2 aromatic rings. The summed E-state index contributed by atoms with van der Waals surface area (Å²) in [5.41, 5.74) is 15.9. The predicted molar refractivity (Wildman–Crippen MR) is 107 cm³/mol. The monoisotopic (exact) mass is 380 g/mol. The molecule has 7 heteroatoms. The second kappa shape index (κ2) is 7.22. The number of hydrazine groups is 1. The van der Waals surface area contributed by atoms with Gasteiger partial charge in [-0.3, -0.25) is 14.9 Å². The molecule has 0 spiro atoms. The zero-order chi connectivity index (χ0) is 19.1. The first-order valence-electron chi connectivity index (χ1n) is 10.3. The lowest BCUT2D eigenvalue weighted by Crippen LogP contribution is -2.62. The smallest absolute Gasteiger partial charge is 0.237 e. The quantitative estimate of drug-likeness (QED) is 0.748. The molecule has 5 rings (SSSR count). The van der Waals surface area contributed by atoms with Gasteiger partial charge in [0.25, 0.3) is 0 Å². The number of nitrogens with two attached hydrogens (primary N) is 1. The van der Waals surface area contributed by atoms with E-state index in [0.29, 0.717) is 18.4 Å². The molecule has 1 aromatic carbocycles. The van der Waals surface area contributed by atoms with E-state index in [1.807, 2.05) is 0 Å². The van der Waals surface area contributed by atoms with E-state index >= 15 is 0 Å². The molecule has 28 heavy (non-hydrogen) atoms. The molecule has 7 nitrogen and oxygen atoms in total. The van der Waals surface area contributed by atoms with Crippen molar-refractivity contribution in [3.63, 3.8) is 0 Å². The average Bonchev–Trinajstić information content (AvgIpc) is 3.18. The zero-order valence-electron chi connectivity index (χ0n) is 16.1. The number of aromatic nitrogens is 2. The Morgan fingerprint density at radius 2 is 2.04 bits per heavy atom. The van der Waals surface area contributed by atoms with Gasteiger partial charge < -0.3 is 10.6 Å². The van der Waals surface area contributed by atoms with Gasteiger partial charge in [0.2, 0.25) is 5.91 Å². The third kappa shape index (κ3) is 2.99. The molecule has 3 heterocycles. The fourth-order valence-corrected chi connectivity index (χ4v) is 5.32. The Morgan fingerprint density at radius 3 is 2.86 bits per heavy atom. The molecular weight excluding hydrogens is 352 g/mol. The first kappa shape index (κ1) is 17.7. The minimum atomic E-state index is 0.0817. The summed E-state index contributed by atoms with van der Waals surface area (Å²) in [5.74, 6) is 0.947. The SMILES string of the molecule is NCC1NNC(=O)C2CCC(c3cnn4c3CN(c3ccccc3)CC4)CC12. The van der Waals surface area contributed by atoms with Crippen LogP contribution in [0.25, 0.3) is 0 Å². The number of benzene rings is 1. The lowest BCUT2D eigenvalue weighted by atomic mass is 9.68. The first-order valence-corrected chi connectivity index (χ1v) is 10.3. The number of para-hydroxylation sites is 1. The van der Waals surface area contributed by atoms with Gasteiger partial charge >= 0.3 is 0 Å². The van der Waals surface area contributed by atoms with Crippen LogP contribution in [0.5, 0.6) is 0 Å². The highest BCUT2D eigenvalue weighted by molar-refractivity contribution is 5.79. The lowest BCUT2D eigenvalue weighted by Gasteiger charge is -2.43. The normalized spacial score (nSPS) is 29.8. The highest BCUT2D eigenvalue weighted by Crippen LogP contribution is 2.43. The van der Waals surface area contributed by atoms with Crippen molar-refractivity contribution in [3.05, 3.63) is 47.8 Å². The topological polar surface area (TPSA) is 88.2 Å².